The van der Waals surface area contributed by atoms with Crippen LogP contribution in [0.5, 0.6) is 5.75 Å². The molecular weight excluding hydrogens is 412 g/mol. The number of nitrogens with zero attached hydrogens (tertiary/aromatic N) is 3. The van der Waals surface area contributed by atoms with Crippen LogP contribution < -0.4 is 10.1 Å². The highest BCUT2D eigenvalue weighted by Gasteiger charge is 2.33. The summed E-state index contributed by atoms with van der Waals surface area (Å²) in [7, 11) is -3.01. The molecule has 0 radical (unpaired) electrons. The molecule has 1 saturated heterocycles. The van der Waals surface area contributed by atoms with Gasteiger partial charge in [-0.05, 0) is 18.6 Å². The van der Waals surface area contributed by atoms with Crippen LogP contribution in [0.15, 0.2) is 48.1 Å². The van der Waals surface area contributed by atoms with E-state index in [0.29, 0.717) is 37.1 Å². The molecule has 10 heteroatoms. The lowest BCUT2D eigenvalue weighted by molar-refractivity contribution is -0.118. The summed E-state index contributed by atoms with van der Waals surface area (Å²) in [5.41, 5.74) is 0. The smallest absolute Gasteiger partial charge is 0.230 e. The minimum atomic E-state index is -3.01. The Morgan fingerprint density at radius 3 is 2.83 bits per heavy atom. The number of allylic oxidation sites excluding steroid dienone is 1. The number of sulfone groups is 1. The van der Waals surface area contributed by atoms with Crippen LogP contribution in [-0.2, 0) is 21.2 Å². The van der Waals surface area contributed by atoms with Crippen molar-refractivity contribution in [2.45, 2.75) is 24.0 Å². The molecule has 1 aromatic carbocycles. The summed E-state index contributed by atoms with van der Waals surface area (Å²) in [6.45, 7) is 5.00. The summed E-state index contributed by atoms with van der Waals surface area (Å²) in [5.74, 6) is 1.56. The number of ether oxygens (including phenoxy) is 1. The molecule has 8 nitrogen and oxygen atoms in total. The predicted molar refractivity (Wildman–Crippen MR) is 112 cm³/mol. The first-order chi connectivity index (χ1) is 14.0. The fraction of sp³-hybridized carbons (Fsp3) is 0.421. The zero-order valence-electron chi connectivity index (χ0n) is 16.0. The van der Waals surface area contributed by atoms with E-state index in [1.165, 1.54) is 11.8 Å². The van der Waals surface area contributed by atoms with Crippen molar-refractivity contribution in [3.05, 3.63) is 48.8 Å². The number of hydrogen-bond acceptors (Lipinski definition) is 7. The van der Waals surface area contributed by atoms with Crippen molar-refractivity contribution in [3.63, 3.8) is 0 Å². The number of rotatable bonds is 10. The number of amides is 1. The van der Waals surface area contributed by atoms with Crippen molar-refractivity contribution in [1.29, 1.82) is 0 Å². The van der Waals surface area contributed by atoms with E-state index in [9.17, 15) is 13.2 Å². The lowest BCUT2D eigenvalue weighted by atomic mass is 10.1. The standard InChI is InChI=1S/C19H24N4O4S2/c1-2-10-23-18(15-8-12-29(25,26)14-15)21-22-19(23)28-13-17(24)20-9-11-27-16-6-4-3-5-7-16/h2-7,15H,1,8-14H2,(H,20,24). The number of nitrogens with one attached hydrogen (secondary N) is 1. The van der Waals surface area contributed by atoms with Gasteiger partial charge in [-0.1, -0.05) is 36.0 Å². The van der Waals surface area contributed by atoms with E-state index in [2.05, 4.69) is 22.1 Å². The van der Waals surface area contributed by atoms with E-state index in [-0.39, 0.29) is 29.1 Å². The molecule has 1 aliphatic heterocycles. The summed E-state index contributed by atoms with van der Waals surface area (Å²) in [6.07, 6.45) is 2.26. The molecule has 0 saturated carbocycles. The highest BCUT2D eigenvalue weighted by molar-refractivity contribution is 7.99. The van der Waals surface area contributed by atoms with E-state index in [4.69, 9.17) is 4.74 Å². The molecular formula is C19H24N4O4S2. The maximum Gasteiger partial charge on any atom is 0.230 e. The van der Waals surface area contributed by atoms with Crippen LogP contribution in [0.2, 0.25) is 0 Å². The van der Waals surface area contributed by atoms with Gasteiger partial charge in [-0.25, -0.2) is 8.42 Å². The second kappa shape index (κ2) is 9.93. The summed E-state index contributed by atoms with van der Waals surface area (Å²) in [5, 5.41) is 11.8. The summed E-state index contributed by atoms with van der Waals surface area (Å²) >= 11 is 1.27. The van der Waals surface area contributed by atoms with Crippen LogP contribution in [0.4, 0.5) is 0 Å². The minimum Gasteiger partial charge on any atom is -0.492 e. The van der Waals surface area contributed by atoms with Crippen LogP contribution in [0.1, 0.15) is 18.2 Å². The maximum atomic E-state index is 12.1. The van der Waals surface area contributed by atoms with Gasteiger partial charge in [0.05, 0.1) is 23.8 Å². The number of aromatic nitrogens is 3. The van der Waals surface area contributed by atoms with E-state index in [0.717, 1.165) is 5.75 Å². The molecule has 1 unspecified atom stereocenters. The highest BCUT2D eigenvalue weighted by Crippen LogP contribution is 2.30. The Morgan fingerprint density at radius 2 is 2.14 bits per heavy atom. The van der Waals surface area contributed by atoms with E-state index < -0.39 is 9.84 Å². The number of benzene rings is 1. The monoisotopic (exact) mass is 436 g/mol. The number of carbonyl (C=O) groups is 1. The Morgan fingerprint density at radius 1 is 1.34 bits per heavy atom. The van der Waals surface area contributed by atoms with Crippen molar-refractivity contribution in [2.75, 3.05) is 30.4 Å². The van der Waals surface area contributed by atoms with Gasteiger partial charge in [0, 0.05) is 12.5 Å². The normalized spacial score (nSPS) is 17.7. The third kappa shape index (κ3) is 6.07. The van der Waals surface area contributed by atoms with Crippen LogP contribution in [-0.4, -0.2) is 59.5 Å². The van der Waals surface area contributed by atoms with Crippen molar-refractivity contribution < 1.29 is 17.9 Å². The third-order valence-electron chi connectivity index (χ3n) is 4.42. The Hall–Kier alpha value is -2.33. The van der Waals surface area contributed by atoms with Crippen LogP contribution in [0, 0.1) is 0 Å². The van der Waals surface area contributed by atoms with Gasteiger partial charge in [-0.3, -0.25) is 4.79 Å². The zero-order chi connectivity index (χ0) is 20.7. The van der Waals surface area contributed by atoms with E-state index >= 15 is 0 Å². The highest BCUT2D eigenvalue weighted by atomic mass is 32.2. The minimum absolute atomic E-state index is 0.0921. The molecule has 0 spiro atoms. The van der Waals surface area contributed by atoms with Crippen LogP contribution in [0.25, 0.3) is 0 Å². The van der Waals surface area contributed by atoms with Gasteiger partial charge >= 0.3 is 0 Å². The lowest BCUT2D eigenvalue weighted by Crippen LogP contribution is -2.29. The van der Waals surface area contributed by atoms with Gasteiger partial charge in [-0.15, -0.1) is 16.8 Å². The number of carbonyl (C=O) groups excluding carboxylic acids is 1. The molecule has 0 aliphatic carbocycles. The topological polar surface area (TPSA) is 103 Å². The first kappa shape index (κ1) is 21.4. The van der Waals surface area contributed by atoms with Crippen molar-refractivity contribution in [3.8, 4) is 5.75 Å². The first-order valence-electron chi connectivity index (χ1n) is 9.30. The Balaban J connectivity index is 1.49. The molecule has 1 amide bonds. The average molecular weight is 437 g/mol. The SMILES string of the molecule is C=CCn1c(SCC(=O)NCCOc2ccccc2)nnc1C1CCS(=O)(=O)C1. The molecule has 1 atom stereocenters. The molecule has 1 N–H and O–H groups in total. The largest absolute Gasteiger partial charge is 0.492 e. The maximum absolute atomic E-state index is 12.1. The molecule has 3 rings (SSSR count). The fourth-order valence-electron chi connectivity index (χ4n) is 3.07. The second-order valence-corrected chi connectivity index (χ2v) is 9.81. The molecule has 1 aliphatic rings. The summed E-state index contributed by atoms with van der Waals surface area (Å²) in [4.78, 5) is 12.1. The molecule has 1 fully saturated rings. The van der Waals surface area contributed by atoms with Gasteiger partial charge in [0.15, 0.2) is 15.0 Å². The molecule has 29 heavy (non-hydrogen) atoms. The summed E-state index contributed by atoms with van der Waals surface area (Å²) in [6, 6.07) is 9.40. The Kier molecular flexibility index (Phi) is 7.32. The van der Waals surface area contributed by atoms with Crippen molar-refractivity contribution in [2.24, 2.45) is 0 Å². The first-order valence-corrected chi connectivity index (χ1v) is 12.1. The predicted octanol–water partition coefficient (Wildman–Crippen LogP) is 1.65. The van der Waals surface area contributed by atoms with Gasteiger partial charge in [-0.2, -0.15) is 0 Å². The van der Waals surface area contributed by atoms with Crippen molar-refractivity contribution in [1.82, 2.24) is 20.1 Å². The fourth-order valence-corrected chi connectivity index (χ4v) is 5.59. The summed E-state index contributed by atoms with van der Waals surface area (Å²) < 4.78 is 30.9. The van der Waals surface area contributed by atoms with E-state index in [1.807, 2.05) is 34.9 Å². The quantitative estimate of drug-likeness (QED) is 0.343. The van der Waals surface area contributed by atoms with Crippen LogP contribution in [0.3, 0.4) is 0 Å². The number of hydrogen-bond donors (Lipinski definition) is 1. The van der Waals surface area contributed by atoms with Gasteiger partial charge in [0.1, 0.15) is 18.2 Å². The van der Waals surface area contributed by atoms with Gasteiger partial charge < -0.3 is 14.6 Å². The molecule has 2 aromatic rings. The van der Waals surface area contributed by atoms with Gasteiger partial charge in [0.25, 0.3) is 0 Å². The average Bonchev–Trinajstić information content (AvgIpc) is 3.27. The molecule has 156 valence electrons. The van der Waals surface area contributed by atoms with E-state index in [1.54, 1.807) is 6.08 Å². The van der Waals surface area contributed by atoms with Crippen molar-refractivity contribution >= 4 is 27.5 Å². The third-order valence-corrected chi connectivity index (χ3v) is 7.16. The zero-order valence-corrected chi connectivity index (χ0v) is 17.6. The Bertz CT molecular complexity index is 944. The second-order valence-electron chi connectivity index (χ2n) is 6.64. The number of thioether (sulfide) groups is 1. The van der Waals surface area contributed by atoms with Crippen LogP contribution >= 0.6 is 11.8 Å². The molecule has 2 heterocycles. The molecule has 1 aromatic heterocycles. The number of para-hydroxylation sites is 1. The lowest BCUT2D eigenvalue weighted by Gasteiger charge is -2.11. The van der Waals surface area contributed by atoms with Gasteiger partial charge in [0.2, 0.25) is 5.91 Å². The molecule has 0 bridgehead atoms. The Labute approximate surface area is 174 Å².